The normalized spacial score (nSPS) is 25.7. The van der Waals surface area contributed by atoms with Gasteiger partial charge in [-0.25, -0.2) is 0 Å². The summed E-state index contributed by atoms with van der Waals surface area (Å²) in [5.74, 6) is 0. The van der Waals surface area contributed by atoms with Gasteiger partial charge in [-0.3, -0.25) is 0 Å². The van der Waals surface area contributed by atoms with Gasteiger partial charge >= 0.3 is 0 Å². The second-order valence-electron chi connectivity index (χ2n) is 4.84. The molecule has 1 saturated carbocycles. The summed E-state index contributed by atoms with van der Waals surface area (Å²) >= 11 is 0. The van der Waals surface area contributed by atoms with Crippen molar-refractivity contribution >= 4 is 0 Å². The van der Waals surface area contributed by atoms with Crippen LogP contribution < -0.4 is 5.32 Å². The highest BCUT2D eigenvalue weighted by Gasteiger charge is 2.20. The molecule has 1 saturated heterocycles. The molecule has 14 heavy (non-hydrogen) atoms. The molecule has 0 spiro atoms. The van der Waals surface area contributed by atoms with Crippen LogP contribution in [0.25, 0.3) is 0 Å². The van der Waals surface area contributed by atoms with Crippen molar-refractivity contribution in [2.75, 3.05) is 26.2 Å². The average Bonchev–Trinajstić information content (AvgIpc) is 2.92. The first-order chi connectivity index (χ1) is 6.95. The van der Waals surface area contributed by atoms with Crippen molar-refractivity contribution in [1.29, 1.82) is 0 Å². The molecule has 2 aliphatic rings. The van der Waals surface area contributed by atoms with Crippen molar-refractivity contribution < 1.29 is 0 Å². The second-order valence-corrected chi connectivity index (χ2v) is 4.84. The Labute approximate surface area is 88.1 Å². The number of nitrogens with zero attached hydrogens (tertiary/aromatic N) is 1. The molecule has 1 N–H and O–H groups in total. The summed E-state index contributed by atoms with van der Waals surface area (Å²) in [6.45, 7) is 5.17. The fourth-order valence-electron chi connectivity index (χ4n) is 2.25. The van der Waals surface area contributed by atoms with Crippen LogP contribution in [0.3, 0.4) is 0 Å². The van der Waals surface area contributed by atoms with E-state index in [1.54, 1.807) is 0 Å². The minimum Gasteiger partial charge on any atom is -0.313 e. The maximum atomic E-state index is 3.60. The molecule has 0 radical (unpaired) electrons. The van der Waals surface area contributed by atoms with E-state index in [-0.39, 0.29) is 0 Å². The highest BCUT2D eigenvalue weighted by molar-refractivity contribution is 4.81. The summed E-state index contributed by atoms with van der Waals surface area (Å²) in [7, 11) is 0. The van der Waals surface area contributed by atoms with Gasteiger partial charge in [0.2, 0.25) is 0 Å². The van der Waals surface area contributed by atoms with Gasteiger partial charge in [0.05, 0.1) is 0 Å². The van der Waals surface area contributed by atoms with E-state index < -0.39 is 0 Å². The van der Waals surface area contributed by atoms with Crippen molar-refractivity contribution in [3.05, 3.63) is 0 Å². The SMILES string of the molecule is C1CCCN(CCNC2CC2)CCC1. The average molecular weight is 196 g/mol. The topological polar surface area (TPSA) is 15.3 Å². The summed E-state index contributed by atoms with van der Waals surface area (Å²) in [4.78, 5) is 2.65. The van der Waals surface area contributed by atoms with Crippen molar-refractivity contribution in [2.24, 2.45) is 0 Å². The maximum absolute atomic E-state index is 3.60. The Morgan fingerprint density at radius 3 is 2.21 bits per heavy atom. The molecule has 0 bridgehead atoms. The zero-order valence-corrected chi connectivity index (χ0v) is 9.30. The quantitative estimate of drug-likeness (QED) is 0.740. The molecular formula is C12H24N2. The van der Waals surface area contributed by atoms with Crippen LogP contribution in [-0.2, 0) is 0 Å². The molecule has 2 fully saturated rings. The second kappa shape index (κ2) is 5.72. The fourth-order valence-corrected chi connectivity index (χ4v) is 2.25. The molecule has 1 aliphatic carbocycles. The molecule has 0 aromatic heterocycles. The summed E-state index contributed by atoms with van der Waals surface area (Å²) in [6.07, 6.45) is 10.0. The lowest BCUT2D eigenvalue weighted by Crippen LogP contribution is -2.35. The molecular weight excluding hydrogens is 172 g/mol. The molecule has 2 nitrogen and oxygen atoms in total. The maximum Gasteiger partial charge on any atom is 0.0107 e. The largest absolute Gasteiger partial charge is 0.313 e. The van der Waals surface area contributed by atoms with Crippen LogP contribution in [0.15, 0.2) is 0 Å². The highest BCUT2D eigenvalue weighted by atomic mass is 15.1. The van der Waals surface area contributed by atoms with Gasteiger partial charge in [-0.15, -0.1) is 0 Å². The van der Waals surface area contributed by atoms with E-state index in [2.05, 4.69) is 10.2 Å². The van der Waals surface area contributed by atoms with Gasteiger partial charge in [-0.2, -0.15) is 0 Å². The molecule has 0 aromatic carbocycles. The Balaban J connectivity index is 1.56. The Kier molecular flexibility index (Phi) is 4.26. The Hall–Kier alpha value is -0.0800. The van der Waals surface area contributed by atoms with Gasteiger partial charge in [-0.05, 0) is 38.8 Å². The van der Waals surface area contributed by atoms with Crippen LogP contribution in [0.1, 0.15) is 44.9 Å². The Morgan fingerprint density at radius 2 is 1.57 bits per heavy atom. The van der Waals surface area contributed by atoms with E-state index in [9.17, 15) is 0 Å². The lowest BCUT2D eigenvalue weighted by atomic mass is 10.1. The summed E-state index contributed by atoms with van der Waals surface area (Å²) < 4.78 is 0. The molecule has 0 amide bonds. The number of hydrogen-bond donors (Lipinski definition) is 1. The number of likely N-dealkylation sites (tertiary alicyclic amines) is 1. The molecule has 2 rings (SSSR count). The third-order valence-corrected chi connectivity index (χ3v) is 3.39. The van der Waals surface area contributed by atoms with Crippen LogP contribution in [0.4, 0.5) is 0 Å². The summed E-state index contributed by atoms with van der Waals surface area (Å²) in [6, 6.07) is 0.879. The van der Waals surface area contributed by atoms with Crippen LogP contribution in [0, 0.1) is 0 Å². The summed E-state index contributed by atoms with van der Waals surface area (Å²) in [5, 5.41) is 3.60. The monoisotopic (exact) mass is 196 g/mol. The minimum atomic E-state index is 0.879. The van der Waals surface area contributed by atoms with Gasteiger partial charge < -0.3 is 10.2 Å². The molecule has 0 atom stereocenters. The predicted octanol–water partition coefficient (Wildman–Crippen LogP) is 2.00. The van der Waals surface area contributed by atoms with Crippen LogP contribution in [0.5, 0.6) is 0 Å². The number of rotatable bonds is 4. The van der Waals surface area contributed by atoms with Crippen LogP contribution >= 0.6 is 0 Å². The smallest absolute Gasteiger partial charge is 0.0107 e. The summed E-state index contributed by atoms with van der Waals surface area (Å²) in [5.41, 5.74) is 0. The third kappa shape index (κ3) is 3.97. The van der Waals surface area contributed by atoms with Gasteiger partial charge in [0.1, 0.15) is 0 Å². The first-order valence-electron chi connectivity index (χ1n) is 6.41. The van der Waals surface area contributed by atoms with E-state index in [0.717, 1.165) is 6.04 Å². The minimum absolute atomic E-state index is 0.879. The van der Waals surface area contributed by atoms with E-state index >= 15 is 0 Å². The predicted molar refractivity (Wildman–Crippen MR) is 60.5 cm³/mol. The van der Waals surface area contributed by atoms with Crippen molar-refractivity contribution in [2.45, 2.75) is 51.0 Å². The van der Waals surface area contributed by atoms with E-state index in [0.29, 0.717) is 0 Å². The van der Waals surface area contributed by atoms with Crippen molar-refractivity contribution in [3.63, 3.8) is 0 Å². The van der Waals surface area contributed by atoms with E-state index in [1.807, 2.05) is 0 Å². The van der Waals surface area contributed by atoms with Gasteiger partial charge in [0.15, 0.2) is 0 Å². The molecule has 1 heterocycles. The molecule has 0 aromatic rings. The molecule has 2 heteroatoms. The van der Waals surface area contributed by atoms with Crippen molar-refractivity contribution in [3.8, 4) is 0 Å². The molecule has 1 aliphatic heterocycles. The number of hydrogen-bond acceptors (Lipinski definition) is 2. The van der Waals surface area contributed by atoms with Gasteiger partial charge in [-0.1, -0.05) is 19.3 Å². The van der Waals surface area contributed by atoms with Crippen molar-refractivity contribution in [1.82, 2.24) is 10.2 Å². The molecule has 0 unspecified atom stereocenters. The standard InChI is InChI=1S/C12H24N2/c1-2-4-9-14(10-5-3-1)11-8-13-12-6-7-12/h12-13H,1-11H2. The number of nitrogens with one attached hydrogen (secondary N) is 1. The Bertz CT molecular complexity index is 146. The molecule has 82 valence electrons. The highest BCUT2D eigenvalue weighted by Crippen LogP contribution is 2.18. The first kappa shape index (κ1) is 10.4. The van der Waals surface area contributed by atoms with E-state index in [4.69, 9.17) is 0 Å². The fraction of sp³-hybridized carbons (Fsp3) is 1.00. The third-order valence-electron chi connectivity index (χ3n) is 3.39. The zero-order valence-electron chi connectivity index (χ0n) is 9.30. The zero-order chi connectivity index (χ0) is 9.64. The van der Waals surface area contributed by atoms with Gasteiger partial charge in [0.25, 0.3) is 0 Å². The van der Waals surface area contributed by atoms with Crippen LogP contribution in [0.2, 0.25) is 0 Å². The first-order valence-corrected chi connectivity index (χ1v) is 6.41. The lowest BCUT2D eigenvalue weighted by Gasteiger charge is -2.24. The lowest BCUT2D eigenvalue weighted by molar-refractivity contribution is 0.247. The van der Waals surface area contributed by atoms with Gasteiger partial charge in [0, 0.05) is 19.1 Å². The van der Waals surface area contributed by atoms with Crippen LogP contribution in [-0.4, -0.2) is 37.1 Å². The Morgan fingerprint density at radius 1 is 0.929 bits per heavy atom. The van der Waals surface area contributed by atoms with E-state index in [1.165, 1.54) is 71.1 Å².